The van der Waals surface area contributed by atoms with Crippen molar-refractivity contribution in [3.63, 3.8) is 0 Å². The van der Waals surface area contributed by atoms with Gasteiger partial charge in [-0.15, -0.1) is 11.8 Å². The van der Waals surface area contributed by atoms with Gasteiger partial charge in [0.25, 0.3) is 11.8 Å². The van der Waals surface area contributed by atoms with Gasteiger partial charge in [0, 0.05) is 11.3 Å². The molecular formula is C19H18N2O6S. The molecule has 28 heavy (non-hydrogen) atoms. The van der Waals surface area contributed by atoms with E-state index in [9.17, 15) is 24.3 Å². The molecule has 0 spiro atoms. The highest BCUT2D eigenvalue weighted by Crippen LogP contribution is 2.37. The van der Waals surface area contributed by atoms with Crippen molar-refractivity contribution in [1.29, 1.82) is 0 Å². The molecule has 0 radical (unpaired) electrons. The summed E-state index contributed by atoms with van der Waals surface area (Å²) in [4.78, 5) is 49.2. The number of esters is 1. The number of β-lactam (4-membered cyclic amide) rings is 1. The van der Waals surface area contributed by atoms with E-state index in [1.165, 1.54) is 35.9 Å². The molecule has 8 nitrogen and oxygen atoms in total. The molecule has 2 aliphatic rings. The number of nitrogens with zero attached hydrogens (tertiary/aromatic N) is 1. The van der Waals surface area contributed by atoms with Crippen LogP contribution in [0, 0.1) is 0 Å². The topological polar surface area (TPSA) is 113 Å². The van der Waals surface area contributed by atoms with E-state index >= 15 is 0 Å². The number of methoxy groups -OCH3 is 1. The van der Waals surface area contributed by atoms with Crippen LogP contribution in [0.15, 0.2) is 48.2 Å². The van der Waals surface area contributed by atoms with Gasteiger partial charge in [-0.3, -0.25) is 19.3 Å². The van der Waals surface area contributed by atoms with Gasteiger partial charge in [0.15, 0.2) is 0 Å². The maximum atomic E-state index is 12.8. The van der Waals surface area contributed by atoms with Crippen LogP contribution in [0.25, 0.3) is 5.57 Å². The van der Waals surface area contributed by atoms with Crippen molar-refractivity contribution in [2.24, 2.45) is 0 Å². The third-order valence-electron chi connectivity index (χ3n) is 4.38. The quantitative estimate of drug-likeness (QED) is 0.415. The lowest BCUT2D eigenvalue weighted by molar-refractivity contribution is -0.150. The van der Waals surface area contributed by atoms with Gasteiger partial charge in [-0.1, -0.05) is 36.4 Å². The van der Waals surface area contributed by atoms with Crippen molar-refractivity contribution in [3.05, 3.63) is 53.7 Å². The number of hydrogen-bond acceptors (Lipinski definition) is 6. The second-order valence-electron chi connectivity index (χ2n) is 6.04. The van der Waals surface area contributed by atoms with E-state index in [1.54, 1.807) is 30.3 Å². The van der Waals surface area contributed by atoms with Crippen LogP contribution in [-0.4, -0.2) is 58.0 Å². The zero-order chi connectivity index (χ0) is 20.3. The Morgan fingerprint density at radius 1 is 1.32 bits per heavy atom. The summed E-state index contributed by atoms with van der Waals surface area (Å²) in [7, 11) is 1.26. The Morgan fingerprint density at radius 2 is 2.04 bits per heavy atom. The van der Waals surface area contributed by atoms with E-state index < -0.39 is 35.2 Å². The number of carboxylic acid groups (broad SMARTS) is 1. The fraction of sp³-hybridized carbons (Fsp3) is 0.263. The van der Waals surface area contributed by atoms with Crippen molar-refractivity contribution < 1.29 is 29.0 Å². The largest absolute Gasteiger partial charge is 0.477 e. The number of aliphatic carboxylic acids is 1. The van der Waals surface area contributed by atoms with Crippen LogP contribution in [0.1, 0.15) is 12.0 Å². The van der Waals surface area contributed by atoms with Gasteiger partial charge < -0.3 is 15.2 Å². The average molecular weight is 402 g/mol. The monoisotopic (exact) mass is 402 g/mol. The van der Waals surface area contributed by atoms with Crippen molar-refractivity contribution in [2.75, 3.05) is 12.9 Å². The lowest BCUT2D eigenvalue weighted by Gasteiger charge is -2.48. The van der Waals surface area contributed by atoms with Crippen LogP contribution in [0.2, 0.25) is 0 Å². The molecule has 3 rings (SSSR count). The summed E-state index contributed by atoms with van der Waals surface area (Å²) in [6.45, 7) is 0. The molecule has 0 unspecified atom stereocenters. The maximum Gasteiger partial charge on any atom is 0.352 e. The highest BCUT2D eigenvalue weighted by Gasteiger charge is 2.52. The molecule has 9 heteroatoms. The number of benzene rings is 1. The third-order valence-corrected chi connectivity index (χ3v) is 5.57. The first-order chi connectivity index (χ1) is 13.4. The first kappa shape index (κ1) is 19.7. The van der Waals surface area contributed by atoms with Crippen LogP contribution >= 0.6 is 11.8 Å². The first-order valence-corrected chi connectivity index (χ1v) is 9.50. The molecule has 2 amide bonds. The average Bonchev–Trinajstić information content (AvgIpc) is 2.71. The smallest absolute Gasteiger partial charge is 0.352 e. The van der Waals surface area contributed by atoms with Crippen LogP contribution in [0.4, 0.5) is 0 Å². The van der Waals surface area contributed by atoms with Gasteiger partial charge in [-0.2, -0.15) is 0 Å². The molecule has 0 saturated carbocycles. The molecule has 2 N–H and O–H groups in total. The molecule has 1 fully saturated rings. The lowest BCUT2D eigenvalue weighted by atomic mass is 10.0. The number of carbonyl (C=O) groups excluding carboxylic acids is 3. The molecule has 1 aromatic rings. The van der Waals surface area contributed by atoms with Crippen LogP contribution < -0.4 is 5.32 Å². The van der Waals surface area contributed by atoms with Crippen molar-refractivity contribution in [2.45, 2.75) is 17.8 Å². The van der Waals surface area contributed by atoms with Crippen molar-refractivity contribution in [1.82, 2.24) is 10.2 Å². The lowest BCUT2D eigenvalue weighted by Crippen LogP contribution is -2.70. The molecule has 1 aromatic carbocycles. The number of fused-ring (bicyclic) bond motifs is 1. The van der Waals surface area contributed by atoms with E-state index in [0.29, 0.717) is 11.3 Å². The normalized spacial score (nSPS) is 21.2. The molecule has 2 aliphatic heterocycles. The number of nitrogens with one attached hydrogen (secondary N) is 1. The zero-order valence-electron chi connectivity index (χ0n) is 15.0. The summed E-state index contributed by atoms with van der Waals surface area (Å²) in [5.74, 6) is -2.22. The van der Waals surface area contributed by atoms with Crippen LogP contribution in [0.5, 0.6) is 0 Å². The molecule has 146 valence electrons. The number of rotatable bonds is 6. The predicted molar refractivity (Wildman–Crippen MR) is 102 cm³/mol. The molecule has 0 bridgehead atoms. The van der Waals surface area contributed by atoms with Gasteiger partial charge in [0.05, 0.1) is 13.5 Å². The van der Waals surface area contributed by atoms with Crippen LogP contribution in [-0.2, 0) is 23.9 Å². The highest BCUT2D eigenvalue weighted by molar-refractivity contribution is 8.00. The van der Waals surface area contributed by atoms with Crippen molar-refractivity contribution in [3.8, 4) is 0 Å². The molecule has 1 saturated heterocycles. The number of ether oxygens (including phenoxy) is 1. The third kappa shape index (κ3) is 3.79. The minimum absolute atomic E-state index is 0.0660. The Morgan fingerprint density at radius 3 is 2.68 bits per heavy atom. The SMILES string of the molecule is COC(=O)C/C=C(\C(=O)N[C@@H]1C(=O)N2C(C(=O)O)=CCS[C@H]12)c1ccccc1. The number of carbonyl (C=O) groups is 4. The van der Waals surface area contributed by atoms with E-state index in [1.807, 2.05) is 0 Å². The minimum atomic E-state index is -1.17. The Labute approximate surface area is 165 Å². The number of thioether (sulfide) groups is 1. The summed E-state index contributed by atoms with van der Waals surface area (Å²) >= 11 is 1.37. The van der Waals surface area contributed by atoms with Gasteiger partial charge in [-0.05, 0) is 11.6 Å². The van der Waals surface area contributed by atoms with Crippen LogP contribution in [0.3, 0.4) is 0 Å². The molecule has 0 aromatic heterocycles. The Bertz CT molecular complexity index is 880. The predicted octanol–water partition coefficient (Wildman–Crippen LogP) is 1.00. The Balaban J connectivity index is 1.78. The second kappa shape index (κ2) is 8.30. The molecule has 0 aliphatic carbocycles. The maximum absolute atomic E-state index is 12.8. The van der Waals surface area contributed by atoms with Crippen molar-refractivity contribution >= 4 is 41.1 Å². The van der Waals surface area contributed by atoms with Gasteiger partial charge in [0.2, 0.25) is 0 Å². The zero-order valence-corrected chi connectivity index (χ0v) is 15.8. The Hall–Kier alpha value is -3.07. The molecule has 2 heterocycles. The first-order valence-electron chi connectivity index (χ1n) is 8.45. The fourth-order valence-electron chi connectivity index (χ4n) is 2.99. The fourth-order valence-corrected chi connectivity index (χ4v) is 4.18. The second-order valence-corrected chi connectivity index (χ2v) is 7.19. The summed E-state index contributed by atoms with van der Waals surface area (Å²) in [5, 5.41) is 11.4. The van der Waals surface area contributed by atoms with E-state index in [2.05, 4.69) is 10.1 Å². The number of hydrogen-bond donors (Lipinski definition) is 2. The van der Waals surface area contributed by atoms with Gasteiger partial charge in [-0.25, -0.2) is 4.79 Å². The van der Waals surface area contributed by atoms with E-state index in [0.717, 1.165) is 0 Å². The number of carboxylic acids is 1. The number of amides is 2. The summed E-state index contributed by atoms with van der Waals surface area (Å²) in [6.07, 6.45) is 2.84. The minimum Gasteiger partial charge on any atom is -0.477 e. The summed E-state index contributed by atoms with van der Waals surface area (Å²) < 4.78 is 4.61. The van der Waals surface area contributed by atoms with E-state index in [-0.39, 0.29) is 17.7 Å². The Kier molecular flexibility index (Phi) is 5.84. The van der Waals surface area contributed by atoms with Gasteiger partial charge in [0.1, 0.15) is 17.1 Å². The standard InChI is InChI=1S/C19H18N2O6S/c1-27-14(22)8-7-12(11-5-3-2-4-6-11)16(23)20-15-17(24)21-13(19(25)26)9-10-28-18(15)21/h2-7,9,15,18H,8,10H2,1H3,(H,20,23)(H,25,26)/b12-7-/t15-,18-/m1/s1. The molecular weight excluding hydrogens is 384 g/mol. The summed E-state index contributed by atoms with van der Waals surface area (Å²) in [5.41, 5.74) is 0.769. The molecule has 2 atom stereocenters. The van der Waals surface area contributed by atoms with Gasteiger partial charge >= 0.3 is 11.9 Å². The summed E-state index contributed by atoms with van der Waals surface area (Å²) in [6, 6.07) is 7.92. The highest BCUT2D eigenvalue weighted by atomic mass is 32.2. The van der Waals surface area contributed by atoms with E-state index in [4.69, 9.17) is 0 Å².